The number of pyridine rings is 1. The molecule has 0 atom stereocenters. The minimum absolute atomic E-state index is 0.0805. The SMILES string of the molecule is CSc1ccc(NC(=O)C2(c3cccc(F)c3)CCC2)cn1. The van der Waals surface area contributed by atoms with Crippen molar-refractivity contribution >= 4 is 23.4 Å². The molecule has 1 fully saturated rings. The van der Waals surface area contributed by atoms with Gasteiger partial charge in [0.2, 0.25) is 5.91 Å². The first-order valence-corrected chi connectivity index (χ1v) is 8.44. The second-order valence-corrected chi connectivity index (χ2v) is 6.32. The Bertz CT molecular complexity index is 683. The molecule has 0 radical (unpaired) electrons. The zero-order chi connectivity index (χ0) is 15.6. The maximum absolute atomic E-state index is 13.5. The molecule has 1 amide bonds. The number of nitrogens with one attached hydrogen (secondary N) is 1. The number of nitrogens with zero attached hydrogens (tertiary/aromatic N) is 1. The van der Waals surface area contributed by atoms with Crippen molar-refractivity contribution < 1.29 is 9.18 Å². The molecule has 1 aromatic heterocycles. The lowest BCUT2D eigenvalue weighted by Gasteiger charge is -2.40. The van der Waals surface area contributed by atoms with E-state index in [1.54, 1.807) is 24.0 Å². The summed E-state index contributed by atoms with van der Waals surface area (Å²) in [5.74, 6) is -0.384. The number of amides is 1. The highest BCUT2D eigenvalue weighted by atomic mass is 32.2. The van der Waals surface area contributed by atoms with Crippen LogP contribution in [-0.2, 0) is 10.2 Å². The van der Waals surface area contributed by atoms with Crippen molar-refractivity contribution in [3.05, 3.63) is 54.0 Å². The minimum atomic E-state index is -0.611. The Morgan fingerprint density at radius 2 is 2.14 bits per heavy atom. The molecule has 3 nitrogen and oxygen atoms in total. The van der Waals surface area contributed by atoms with Gasteiger partial charge in [-0.15, -0.1) is 11.8 Å². The van der Waals surface area contributed by atoms with Gasteiger partial charge in [-0.25, -0.2) is 9.37 Å². The molecule has 0 unspecified atom stereocenters. The molecule has 3 rings (SSSR count). The summed E-state index contributed by atoms with van der Waals surface area (Å²) >= 11 is 1.55. The Labute approximate surface area is 133 Å². The number of carbonyl (C=O) groups excluding carboxylic acids is 1. The van der Waals surface area contributed by atoms with Crippen LogP contribution in [0, 0.1) is 5.82 Å². The lowest BCUT2D eigenvalue weighted by atomic mass is 9.63. The van der Waals surface area contributed by atoms with E-state index in [1.165, 1.54) is 12.1 Å². The van der Waals surface area contributed by atoms with Gasteiger partial charge >= 0.3 is 0 Å². The quantitative estimate of drug-likeness (QED) is 0.867. The maximum Gasteiger partial charge on any atom is 0.235 e. The van der Waals surface area contributed by atoms with Gasteiger partial charge in [-0.1, -0.05) is 18.6 Å². The molecule has 1 saturated carbocycles. The third-order valence-electron chi connectivity index (χ3n) is 4.22. The number of carbonyl (C=O) groups is 1. The number of hydrogen-bond acceptors (Lipinski definition) is 3. The Morgan fingerprint density at radius 3 is 2.68 bits per heavy atom. The summed E-state index contributed by atoms with van der Waals surface area (Å²) in [6.07, 6.45) is 6.08. The van der Waals surface area contributed by atoms with E-state index in [2.05, 4.69) is 10.3 Å². The van der Waals surface area contributed by atoms with Crippen molar-refractivity contribution in [2.75, 3.05) is 11.6 Å². The van der Waals surface area contributed by atoms with Crippen LogP contribution in [0.4, 0.5) is 10.1 Å². The highest BCUT2D eigenvalue weighted by Crippen LogP contribution is 2.44. The summed E-state index contributed by atoms with van der Waals surface area (Å²) in [6, 6.07) is 10.1. The highest BCUT2D eigenvalue weighted by Gasteiger charge is 2.45. The Kier molecular flexibility index (Phi) is 4.16. The van der Waals surface area contributed by atoms with E-state index < -0.39 is 5.41 Å². The lowest BCUT2D eigenvalue weighted by Crippen LogP contribution is -2.46. The molecule has 0 saturated heterocycles. The van der Waals surface area contributed by atoms with Crippen LogP contribution in [0.15, 0.2) is 47.6 Å². The van der Waals surface area contributed by atoms with Gasteiger partial charge < -0.3 is 5.32 Å². The van der Waals surface area contributed by atoms with E-state index in [-0.39, 0.29) is 11.7 Å². The predicted molar refractivity (Wildman–Crippen MR) is 86.6 cm³/mol. The fourth-order valence-electron chi connectivity index (χ4n) is 2.79. The Morgan fingerprint density at radius 1 is 1.32 bits per heavy atom. The van der Waals surface area contributed by atoms with Gasteiger partial charge in [-0.2, -0.15) is 0 Å². The van der Waals surface area contributed by atoms with E-state index >= 15 is 0 Å². The molecule has 22 heavy (non-hydrogen) atoms. The normalized spacial score (nSPS) is 15.9. The van der Waals surface area contributed by atoms with Gasteiger partial charge in [0.05, 0.1) is 22.3 Å². The minimum Gasteiger partial charge on any atom is -0.324 e. The second kappa shape index (κ2) is 6.08. The van der Waals surface area contributed by atoms with Gasteiger partial charge in [0, 0.05) is 0 Å². The van der Waals surface area contributed by atoms with Crippen molar-refractivity contribution in [3.8, 4) is 0 Å². The number of thioether (sulfide) groups is 1. The third kappa shape index (κ3) is 2.73. The zero-order valence-electron chi connectivity index (χ0n) is 12.3. The largest absolute Gasteiger partial charge is 0.324 e. The number of anilines is 1. The van der Waals surface area contributed by atoms with Gasteiger partial charge in [0.15, 0.2) is 0 Å². The number of benzene rings is 1. The third-order valence-corrected chi connectivity index (χ3v) is 4.88. The molecule has 1 N–H and O–H groups in total. The van der Waals surface area contributed by atoms with Crippen LogP contribution in [0.2, 0.25) is 0 Å². The smallest absolute Gasteiger partial charge is 0.235 e. The van der Waals surface area contributed by atoms with E-state index in [0.717, 1.165) is 29.9 Å². The van der Waals surface area contributed by atoms with Crippen molar-refractivity contribution in [1.82, 2.24) is 4.98 Å². The number of rotatable bonds is 4. The number of halogens is 1. The van der Waals surface area contributed by atoms with Crippen LogP contribution in [0.3, 0.4) is 0 Å². The van der Waals surface area contributed by atoms with Gasteiger partial charge in [0.1, 0.15) is 5.82 Å². The Balaban J connectivity index is 1.82. The van der Waals surface area contributed by atoms with E-state index in [4.69, 9.17) is 0 Å². The van der Waals surface area contributed by atoms with E-state index in [0.29, 0.717) is 5.69 Å². The van der Waals surface area contributed by atoms with Crippen molar-refractivity contribution in [1.29, 1.82) is 0 Å². The molecular weight excluding hydrogens is 299 g/mol. The van der Waals surface area contributed by atoms with Crippen molar-refractivity contribution in [2.24, 2.45) is 0 Å². The maximum atomic E-state index is 13.5. The van der Waals surface area contributed by atoms with E-state index in [1.807, 2.05) is 24.5 Å². The molecule has 1 aromatic carbocycles. The van der Waals surface area contributed by atoms with Gasteiger partial charge in [-0.05, 0) is 48.9 Å². The van der Waals surface area contributed by atoms with Crippen LogP contribution in [0.1, 0.15) is 24.8 Å². The molecule has 1 heterocycles. The summed E-state index contributed by atoms with van der Waals surface area (Å²) in [6.45, 7) is 0. The molecule has 2 aromatic rings. The van der Waals surface area contributed by atoms with Crippen LogP contribution < -0.4 is 5.32 Å². The molecule has 0 spiro atoms. The molecule has 5 heteroatoms. The van der Waals surface area contributed by atoms with E-state index in [9.17, 15) is 9.18 Å². The summed E-state index contributed by atoms with van der Waals surface area (Å²) in [5, 5.41) is 3.82. The average molecular weight is 316 g/mol. The van der Waals surface area contributed by atoms with Crippen molar-refractivity contribution in [3.63, 3.8) is 0 Å². The highest BCUT2D eigenvalue weighted by molar-refractivity contribution is 7.98. The first-order valence-electron chi connectivity index (χ1n) is 7.22. The molecule has 0 aliphatic heterocycles. The molecule has 114 valence electrons. The lowest BCUT2D eigenvalue weighted by molar-refractivity contribution is -0.124. The number of hydrogen-bond donors (Lipinski definition) is 1. The topological polar surface area (TPSA) is 42.0 Å². The molecular formula is C17H17FN2OS. The second-order valence-electron chi connectivity index (χ2n) is 5.49. The summed E-state index contributed by atoms with van der Waals surface area (Å²) in [7, 11) is 0. The molecule has 1 aliphatic rings. The van der Waals surface area contributed by atoms with Crippen LogP contribution in [0.25, 0.3) is 0 Å². The fraction of sp³-hybridized carbons (Fsp3) is 0.294. The summed E-state index contributed by atoms with van der Waals surface area (Å²) in [4.78, 5) is 17.0. The first kappa shape index (κ1) is 15.0. The fourth-order valence-corrected chi connectivity index (χ4v) is 3.15. The zero-order valence-corrected chi connectivity index (χ0v) is 13.1. The standard InChI is InChI=1S/C17H17FN2OS/c1-22-15-7-6-14(11-19-15)20-16(21)17(8-3-9-17)12-4-2-5-13(18)10-12/h2,4-7,10-11H,3,8-9H2,1H3,(H,20,21). The van der Waals surface area contributed by atoms with Crippen LogP contribution >= 0.6 is 11.8 Å². The molecule has 0 bridgehead atoms. The van der Waals surface area contributed by atoms with Crippen molar-refractivity contribution in [2.45, 2.75) is 29.7 Å². The number of aromatic nitrogens is 1. The summed E-state index contributed by atoms with van der Waals surface area (Å²) in [5.41, 5.74) is 0.815. The van der Waals surface area contributed by atoms with Gasteiger partial charge in [-0.3, -0.25) is 4.79 Å². The predicted octanol–water partition coefficient (Wildman–Crippen LogP) is 4.00. The Hall–Kier alpha value is -1.88. The molecule has 1 aliphatic carbocycles. The first-order chi connectivity index (χ1) is 10.6. The average Bonchev–Trinajstić information content (AvgIpc) is 2.47. The summed E-state index contributed by atoms with van der Waals surface area (Å²) < 4.78 is 13.5. The van der Waals surface area contributed by atoms with Crippen LogP contribution in [-0.4, -0.2) is 17.1 Å². The van der Waals surface area contributed by atoms with Crippen LogP contribution in [0.5, 0.6) is 0 Å². The monoisotopic (exact) mass is 316 g/mol. The van der Waals surface area contributed by atoms with Gasteiger partial charge in [0.25, 0.3) is 0 Å².